The van der Waals surface area contributed by atoms with E-state index in [0.717, 1.165) is 27.9 Å². The smallest absolute Gasteiger partial charge is 0.234 e. The summed E-state index contributed by atoms with van der Waals surface area (Å²) >= 11 is 0. The maximum atomic E-state index is 4.69. The van der Waals surface area contributed by atoms with Crippen LogP contribution < -0.4 is 0 Å². The van der Waals surface area contributed by atoms with Crippen molar-refractivity contribution in [2.75, 3.05) is 0 Å². The van der Waals surface area contributed by atoms with E-state index in [-0.39, 0.29) is 0 Å². The predicted molar refractivity (Wildman–Crippen MR) is 77.4 cm³/mol. The average Bonchev–Trinajstić information content (AvgIpc) is 3.05. The highest BCUT2D eigenvalue weighted by Crippen LogP contribution is 2.29. The fourth-order valence-corrected chi connectivity index (χ4v) is 2.56. The zero-order valence-electron chi connectivity index (χ0n) is 11.3. The Bertz CT molecular complexity index is 932. The van der Waals surface area contributed by atoms with Crippen LogP contribution in [-0.2, 0) is 7.05 Å². The van der Waals surface area contributed by atoms with Crippen molar-refractivity contribution in [2.45, 2.75) is 6.92 Å². The van der Waals surface area contributed by atoms with Crippen LogP contribution >= 0.6 is 0 Å². The molecule has 0 aliphatic carbocycles. The van der Waals surface area contributed by atoms with Gasteiger partial charge in [0, 0.05) is 49.0 Å². The number of aryl methyl sites for hydroxylation is 2. The van der Waals surface area contributed by atoms with Crippen molar-refractivity contribution < 1.29 is 0 Å². The summed E-state index contributed by atoms with van der Waals surface area (Å²) < 4.78 is 3.94. The summed E-state index contributed by atoms with van der Waals surface area (Å²) in [6.45, 7) is 2.08. The van der Waals surface area contributed by atoms with Crippen LogP contribution in [0.5, 0.6) is 0 Å². The molecular weight excluding hydrogens is 250 g/mol. The van der Waals surface area contributed by atoms with Crippen molar-refractivity contribution in [3.63, 3.8) is 0 Å². The number of rotatable bonds is 1. The molecule has 5 heteroatoms. The maximum absolute atomic E-state index is 4.69. The Hall–Kier alpha value is -2.69. The zero-order valence-corrected chi connectivity index (χ0v) is 11.3. The molecule has 4 aromatic rings. The lowest BCUT2D eigenvalue weighted by Gasteiger charge is -2.10. The Labute approximate surface area is 115 Å². The van der Waals surface area contributed by atoms with Gasteiger partial charge in [-0.3, -0.25) is 4.40 Å². The maximum Gasteiger partial charge on any atom is 0.234 e. The van der Waals surface area contributed by atoms with Crippen LogP contribution in [0, 0.1) is 6.92 Å². The third-order valence-electron chi connectivity index (χ3n) is 3.60. The molecule has 5 nitrogen and oxygen atoms in total. The number of benzene rings is 1. The van der Waals surface area contributed by atoms with E-state index in [9.17, 15) is 0 Å². The van der Waals surface area contributed by atoms with Crippen molar-refractivity contribution in [3.05, 3.63) is 48.7 Å². The minimum absolute atomic E-state index is 0.707. The Kier molecular flexibility index (Phi) is 2.18. The molecule has 0 amide bonds. The Balaban J connectivity index is 2.17. The molecule has 0 spiro atoms. The largest absolute Gasteiger partial charge is 0.334 e. The Morgan fingerprint density at radius 1 is 1.05 bits per heavy atom. The fraction of sp³-hybridized carbons (Fsp3) is 0.133. The molecule has 4 rings (SSSR count). The van der Waals surface area contributed by atoms with Gasteiger partial charge in [-0.25, -0.2) is 15.0 Å². The van der Waals surface area contributed by atoms with E-state index in [0.29, 0.717) is 5.78 Å². The molecule has 0 bridgehead atoms. The molecule has 0 N–H and O–H groups in total. The highest BCUT2D eigenvalue weighted by molar-refractivity contribution is 5.94. The molecule has 0 radical (unpaired) electrons. The van der Waals surface area contributed by atoms with Gasteiger partial charge in [0.1, 0.15) is 5.82 Å². The summed E-state index contributed by atoms with van der Waals surface area (Å²) in [7, 11) is 1.99. The number of fused-ring (bicyclic) bond motifs is 2. The van der Waals surface area contributed by atoms with Crippen LogP contribution in [0.25, 0.3) is 28.1 Å². The molecule has 0 unspecified atom stereocenters. The highest BCUT2D eigenvalue weighted by Gasteiger charge is 2.13. The van der Waals surface area contributed by atoms with E-state index < -0.39 is 0 Å². The highest BCUT2D eigenvalue weighted by atomic mass is 15.1. The first kappa shape index (κ1) is 11.2. The second-order valence-corrected chi connectivity index (χ2v) is 4.93. The van der Waals surface area contributed by atoms with Gasteiger partial charge in [0.25, 0.3) is 0 Å². The molecule has 0 aliphatic rings. The third-order valence-corrected chi connectivity index (χ3v) is 3.60. The number of imidazole rings is 2. The molecule has 3 aromatic heterocycles. The summed E-state index contributed by atoms with van der Waals surface area (Å²) in [6, 6.07) is 4.19. The van der Waals surface area contributed by atoms with E-state index in [1.165, 1.54) is 0 Å². The normalized spacial score (nSPS) is 11.5. The Morgan fingerprint density at radius 3 is 2.70 bits per heavy atom. The first-order chi connectivity index (χ1) is 9.74. The van der Waals surface area contributed by atoms with Gasteiger partial charge in [-0.2, -0.15) is 0 Å². The number of hydrogen-bond donors (Lipinski definition) is 0. The lowest BCUT2D eigenvalue weighted by atomic mass is 10.0. The SMILES string of the molecule is Cc1ccc2cn3ccnc3nc2c1-c1nccn1C. The van der Waals surface area contributed by atoms with Gasteiger partial charge in [0.2, 0.25) is 5.78 Å². The van der Waals surface area contributed by atoms with Crippen LogP contribution in [-0.4, -0.2) is 23.9 Å². The number of nitrogens with zero attached hydrogens (tertiary/aromatic N) is 5. The van der Waals surface area contributed by atoms with Crippen molar-refractivity contribution in [1.29, 1.82) is 0 Å². The van der Waals surface area contributed by atoms with Crippen molar-refractivity contribution in [3.8, 4) is 11.4 Å². The molecule has 98 valence electrons. The second-order valence-electron chi connectivity index (χ2n) is 4.93. The van der Waals surface area contributed by atoms with Crippen LogP contribution in [0.15, 0.2) is 43.1 Å². The van der Waals surface area contributed by atoms with E-state index >= 15 is 0 Å². The van der Waals surface area contributed by atoms with Gasteiger partial charge in [0.15, 0.2) is 0 Å². The summed E-state index contributed by atoms with van der Waals surface area (Å²) in [6.07, 6.45) is 9.47. The second kappa shape index (κ2) is 3.90. The molecular formula is C15H13N5. The summed E-state index contributed by atoms with van der Waals surface area (Å²) in [4.78, 5) is 13.4. The van der Waals surface area contributed by atoms with E-state index in [4.69, 9.17) is 4.98 Å². The minimum Gasteiger partial charge on any atom is -0.334 e. The first-order valence-electron chi connectivity index (χ1n) is 6.45. The summed E-state index contributed by atoms with van der Waals surface area (Å²) in [5.74, 6) is 1.63. The van der Waals surface area contributed by atoms with Crippen LogP contribution in [0.4, 0.5) is 0 Å². The van der Waals surface area contributed by atoms with Crippen LogP contribution in [0.1, 0.15) is 5.56 Å². The molecule has 0 aliphatic heterocycles. The molecule has 0 fully saturated rings. The van der Waals surface area contributed by atoms with Gasteiger partial charge in [-0.1, -0.05) is 12.1 Å². The first-order valence-corrected chi connectivity index (χ1v) is 6.45. The minimum atomic E-state index is 0.707. The van der Waals surface area contributed by atoms with E-state index in [1.807, 2.05) is 34.6 Å². The van der Waals surface area contributed by atoms with Crippen molar-refractivity contribution in [2.24, 2.45) is 7.05 Å². The number of hydrogen-bond acceptors (Lipinski definition) is 3. The third kappa shape index (κ3) is 1.46. The summed E-state index contributed by atoms with van der Waals surface area (Å²) in [5, 5.41) is 1.08. The molecule has 0 saturated carbocycles. The Morgan fingerprint density at radius 2 is 1.90 bits per heavy atom. The van der Waals surface area contributed by atoms with Crippen LogP contribution in [0.2, 0.25) is 0 Å². The lowest BCUT2D eigenvalue weighted by molar-refractivity contribution is 0.924. The topological polar surface area (TPSA) is 48.0 Å². The van der Waals surface area contributed by atoms with Crippen LogP contribution in [0.3, 0.4) is 0 Å². The van der Waals surface area contributed by atoms with Crippen molar-refractivity contribution in [1.82, 2.24) is 23.9 Å². The van der Waals surface area contributed by atoms with Gasteiger partial charge < -0.3 is 4.57 Å². The fourth-order valence-electron chi connectivity index (χ4n) is 2.56. The van der Waals surface area contributed by atoms with Gasteiger partial charge in [0.05, 0.1) is 5.52 Å². The predicted octanol–water partition coefficient (Wildman–Crippen LogP) is 2.59. The molecule has 3 heterocycles. The molecule has 1 aromatic carbocycles. The molecule has 0 saturated heterocycles. The summed E-state index contributed by atoms with van der Waals surface area (Å²) in [5.41, 5.74) is 3.17. The average molecular weight is 263 g/mol. The van der Waals surface area contributed by atoms with E-state index in [1.54, 1.807) is 6.20 Å². The monoisotopic (exact) mass is 263 g/mol. The lowest BCUT2D eigenvalue weighted by Crippen LogP contribution is -1.98. The molecule has 20 heavy (non-hydrogen) atoms. The molecule has 0 atom stereocenters. The van der Waals surface area contributed by atoms with Crippen molar-refractivity contribution >= 4 is 16.7 Å². The quantitative estimate of drug-likeness (QED) is 0.530. The van der Waals surface area contributed by atoms with Gasteiger partial charge in [-0.05, 0) is 12.5 Å². The number of aromatic nitrogens is 5. The zero-order chi connectivity index (χ0) is 13.7. The van der Waals surface area contributed by atoms with Gasteiger partial charge in [-0.15, -0.1) is 0 Å². The van der Waals surface area contributed by atoms with E-state index in [2.05, 4.69) is 35.2 Å². The van der Waals surface area contributed by atoms with Gasteiger partial charge >= 0.3 is 0 Å². The standard InChI is InChI=1S/C15H13N5/c1-10-3-4-11-9-20-8-6-17-15(20)18-13(11)12(10)14-16-5-7-19(14)2/h3-9H,1-2H3.